The average molecular weight is 952 g/mol. The van der Waals surface area contributed by atoms with Crippen LogP contribution >= 0.6 is 11.6 Å². The Kier molecular flexibility index (Phi) is 10.2. The van der Waals surface area contributed by atoms with Gasteiger partial charge in [0.25, 0.3) is 17.9 Å². The Morgan fingerprint density at radius 3 is 2.42 bits per heavy atom. The van der Waals surface area contributed by atoms with Gasteiger partial charge in [-0.2, -0.15) is 32.1 Å². The number of alkyl halides is 7. The highest BCUT2D eigenvalue weighted by Crippen LogP contribution is 2.68. The number of amides is 1. The van der Waals surface area contributed by atoms with Gasteiger partial charge >= 0.3 is 6.18 Å². The molecule has 0 spiro atoms. The summed E-state index contributed by atoms with van der Waals surface area (Å²) < 4.78 is 159. The van der Waals surface area contributed by atoms with Crippen LogP contribution in [0.4, 0.5) is 45.3 Å². The molecule has 9 rings (SSSR count). The second kappa shape index (κ2) is 15.2. The number of rotatable bonds is 11. The molecular weight excluding hydrogens is 925 g/mol. The molecule has 1 amide bonds. The summed E-state index contributed by atoms with van der Waals surface area (Å²) in [5.74, 6) is -10.5. The standard InChI is InChI=1S/C39H27ClF9N11O4S/c1-58-30-24(6-4-21(40)28(30)35(56-58)57-65(2,63)64)60-36(54-33-18(37(60)62)3-5-22(52-33)34-50-8-7-25(53-34)39(47,48)49)23(11-15-9-16(41)12-17(42)10-15)51-26(61)14-59-31-27(29(55-59)32(43)44)19-13-20(19)38(31,45)46/h3-10,12,19-20,23,32H,11,13-14H2,1-2H3,(H,51,61)(H,56,57)/t19-,20+,23-/m0/s1. The van der Waals surface area contributed by atoms with Gasteiger partial charge in [-0.15, -0.1) is 0 Å². The number of aromatic nitrogens is 9. The molecule has 0 bridgehead atoms. The van der Waals surface area contributed by atoms with Crippen molar-refractivity contribution in [3.05, 3.63) is 116 Å². The van der Waals surface area contributed by atoms with Crippen LogP contribution in [0.1, 0.15) is 58.8 Å². The minimum atomic E-state index is -4.89. The molecule has 338 valence electrons. The second-order valence-corrected chi connectivity index (χ2v) is 17.5. The molecule has 0 saturated heterocycles. The molecule has 5 heterocycles. The number of halogens is 10. The largest absolute Gasteiger partial charge is 0.433 e. The molecule has 7 aromatic rings. The van der Waals surface area contributed by atoms with Crippen molar-refractivity contribution in [3.8, 4) is 17.2 Å². The normalized spacial score (nSPS) is 17.1. The number of carbonyl (C=O) groups is 1. The third kappa shape index (κ3) is 7.78. The SMILES string of the molecule is Cn1nc(NS(C)(=O)=O)c2c(Cl)ccc(-n3c([C@H](Cc4cc(F)cc(F)c4)NC(=O)Cn4nc(C(F)F)c5c4C(F)(F)[C@@H]4C[C@H]54)nc4nc(-c5nccc(C(F)(F)F)n5)ccc4c3=O)c21. The van der Waals surface area contributed by atoms with Crippen molar-refractivity contribution in [2.75, 3.05) is 11.0 Å². The number of benzene rings is 2. The lowest BCUT2D eigenvalue weighted by atomic mass is 10.0. The molecule has 65 heavy (non-hydrogen) atoms. The summed E-state index contributed by atoms with van der Waals surface area (Å²) in [7, 11) is -2.63. The van der Waals surface area contributed by atoms with E-state index < -0.39 is 117 Å². The van der Waals surface area contributed by atoms with E-state index >= 15 is 8.78 Å². The quantitative estimate of drug-likeness (QED) is 0.130. The van der Waals surface area contributed by atoms with E-state index in [-0.39, 0.29) is 56.1 Å². The van der Waals surface area contributed by atoms with E-state index in [2.05, 4.69) is 40.2 Å². The maximum Gasteiger partial charge on any atom is 0.433 e. The zero-order chi connectivity index (χ0) is 46.7. The molecule has 0 radical (unpaired) electrons. The van der Waals surface area contributed by atoms with Crippen molar-refractivity contribution < 1.29 is 52.7 Å². The van der Waals surface area contributed by atoms with Crippen LogP contribution in [-0.2, 0) is 46.9 Å². The number of nitrogens with zero attached hydrogens (tertiary/aromatic N) is 9. The molecule has 0 unspecified atom stereocenters. The molecule has 2 aliphatic carbocycles. The first kappa shape index (κ1) is 43.6. The summed E-state index contributed by atoms with van der Waals surface area (Å²) in [6, 6.07) is 6.01. The first-order valence-electron chi connectivity index (χ1n) is 19.0. The molecular formula is C39H27ClF9N11O4S. The maximum atomic E-state index is 15.5. The number of sulfonamides is 1. The van der Waals surface area contributed by atoms with Crippen LogP contribution < -0.4 is 15.6 Å². The molecule has 3 atom stereocenters. The Bertz CT molecular complexity index is 3300. The van der Waals surface area contributed by atoms with Crippen molar-refractivity contribution in [2.24, 2.45) is 13.0 Å². The monoisotopic (exact) mass is 951 g/mol. The Hall–Kier alpha value is -6.63. The van der Waals surface area contributed by atoms with Gasteiger partial charge < -0.3 is 5.32 Å². The van der Waals surface area contributed by atoms with Gasteiger partial charge in [0.15, 0.2) is 17.3 Å². The van der Waals surface area contributed by atoms with Crippen molar-refractivity contribution >= 4 is 55.3 Å². The lowest BCUT2D eigenvalue weighted by Crippen LogP contribution is -2.38. The summed E-state index contributed by atoms with van der Waals surface area (Å²) >= 11 is 6.57. The van der Waals surface area contributed by atoms with E-state index in [0.29, 0.717) is 16.8 Å². The second-order valence-electron chi connectivity index (χ2n) is 15.4. The first-order valence-corrected chi connectivity index (χ1v) is 21.3. The summed E-state index contributed by atoms with van der Waals surface area (Å²) in [4.78, 5) is 45.3. The number of nitrogens with one attached hydrogen (secondary N) is 2. The molecule has 2 aliphatic rings. The highest BCUT2D eigenvalue weighted by molar-refractivity contribution is 7.92. The van der Waals surface area contributed by atoms with Gasteiger partial charge in [0, 0.05) is 37.2 Å². The highest BCUT2D eigenvalue weighted by atomic mass is 35.5. The molecule has 2 aromatic carbocycles. The maximum absolute atomic E-state index is 15.5. The van der Waals surface area contributed by atoms with Gasteiger partial charge in [-0.25, -0.2) is 45.9 Å². The third-order valence-electron chi connectivity index (χ3n) is 10.8. The first-order chi connectivity index (χ1) is 30.5. The molecule has 15 nitrogen and oxygen atoms in total. The van der Waals surface area contributed by atoms with E-state index in [1.807, 2.05) is 0 Å². The molecule has 5 aromatic heterocycles. The Balaban J connectivity index is 1.26. The van der Waals surface area contributed by atoms with Gasteiger partial charge in [0.05, 0.1) is 39.3 Å². The smallest absolute Gasteiger partial charge is 0.344 e. The number of carbonyl (C=O) groups excluding carboxylic acids is 1. The van der Waals surface area contributed by atoms with Crippen LogP contribution in [0.15, 0.2) is 59.5 Å². The Morgan fingerprint density at radius 2 is 1.74 bits per heavy atom. The Labute approximate surface area is 363 Å². The summed E-state index contributed by atoms with van der Waals surface area (Å²) in [5, 5.41) is 10.0. The summed E-state index contributed by atoms with van der Waals surface area (Å²) in [5.41, 5.74) is -5.61. The van der Waals surface area contributed by atoms with E-state index in [9.17, 15) is 48.7 Å². The summed E-state index contributed by atoms with van der Waals surface area (Å²) in [6.07, 6.45) is -7.20. The zero-order valence-electron chi connectivity index (χ0n) is 33.0. The van der Waals surface area contributed by atoms with Gasteiger partial charge in [-0.3, -0.25) is 28.2 Å². The molecule has 2 N–H and O–H groups in total. The van der Waals surface area contributed by atoms with E-state index in [4.69, 9.17) is 11.6 Å². The fourth-order valence-electron chi connectivity index (χ4n) is 8.23. The van der Waals surface area contributed by atoms with E-state index in [1.165, 1.54) is 19.2 Å². The van der Waals surface area contributed by atoms with Crippen LogP contribution in [0.2, 0.25) is 5.02 Å². The molecule has 0 aliphatic heterocycles. The van der Waals surface area contributed by atoms with Crippen molar-refractivity contribution in [1.29, 1.82) is 0 Å². The minimum Gasteiger partial charge on any atom is -0.344 e. The van der Waals surface area contributed by atoms with E-state index in [0.717, 1.165) is 46.0 Å². The van der Waals surface area contributed by atoms with Crippen molar-refractivity contribution in [2.45, 2.75) is 49.9 Å². The fraction of sp³-hybridized carbons (Fsp3) is 0.282. The molecule has 1 fully saturated rings. The summed E-state index contributed by atoms with van der Waals surface area (Å²) in [6.45, 7) is -1.10. The minimum absolute atomic E-state index is 0.0237. The van der Waals surface area contributed by atoms with Crippen molar-refractivity contribution in [3.63, 3.8) is 0 Å². The van der Waals surface area contributed by atoms with Crippen molar-refractivity contribution in [1.82, 2.24) is 49.4 Å². The predicted molar refractivity (Wildman–Crippen MR) is 212 cm³/mol. The van der Waals surface area contributed by atoms with Crippen LogP contribution in [0.5, 0.6) is 0 Å². The number of aryl methyl sites for hydroxylation is 1. The number of hydrogen-bond acceptors (Lipinski definition) is 10. The zero-order valence-corrected chi connectivity index (χ0v) is 34.5. The highest BCUT2D eigenvalue weighted by Gasteiger charge is 2.67. The van der Waals surface area contributed by atoms with Gasteiger partial charge in [-0.05, 0) is 60.4 Å². The topological polar surface area (TPSA) is 184 Å². The number of pyridine rings is 1. The lowest BCUT2D eigenvalue weighted by molar-refractivity contribution is -0.141. The van der Waals surface area contributed by atoms with E-state index in [1.54, 1.807) is 0 Å². The molecule has 1 saturated carbocycles. The van der Waals surface area contributed by atoms with Crippen LogP contribution in [0.25, 0.3) is 39.1 Å². The van der Waals surface area contributed by atoms with Gasteiger partial charge in [0.2, 0.25) is 15.9 Å². The molecule has 26 heteroatoms. The van der Waals surface area contributed by atoms with Crippen LogP contribution in [0, 0.1) is 17.6 Å². The third-order valence-corrected chi connectivity index (χ3v) is 11.7. The van der Waals surface area contributed by atoms with Gasteiger partial charge in [0.1, 0.15) is 46.8 Å². The lowest BCUT2D eigenvalue weighted by Gasteiger charge is -2.24. The Morgan fingerprint density at radius 1 is 1.02 bits per heavy atom. The van der Waals surface area contributed by atoms with Crippen LogP contribution in [0.3, 0.4) is 0 Å². The predicted octanol–water partition coefficient (Wildman–Crippen LogP) is 6.89. The van der Waals surface area contributed by atoms with Crippen LogP contribution in [-0.4, -0.2) is 64.6 Å². The number of hydrogen-bond donors (Lipinski definition) is 2. The average Bonchev–Trinajstić information content (AvgIpc) is 3.75. The number of fused-ring (bicyclic) bond motifs is 5. The number of anilines is 1. The van der Waals surface area contributed by atoms with Gasteiger partial charge in [-0.1, -0.05) is 11.6 Å². The fourth-order valence-corrected chi connectivity index (χ4v) is 8.96.